The number of fused-ring (bicyclic) bond motifs is 3. The summed E-state index contributed by atoms with van der Waals surface area (Å²) in [5.74, 6) is 0.173. The molecule has 5 N–H and O–H groups in total. The summed E-state index contributed by atoms with van der Waals surface area (Å²) in [5, 5.41) is 20.4. The topological polar surface area (TPSA) is 224 Å². The molecule has 0 saturated carbocycles. The second kappa shape index (κ2) is 9.50. The second-order valence-electron chi connectivity index (χ2n) is 8.74. The van der Waals surface area contributed by atoms with Crippen LogP contribution < -0.4 is 11.1 Å². The number of nitrogen functional groups attached to an aromatic ring is 1. The Hall–Kier alpha value is -1.69. The monoisotopic (exact) mass is 579 g/mol. The van der Waals surface area contributed by atoms with Crippen molar-refractivity contribution < 1.29 is 46.5 Å². The van der Waals surface area contributed by atoms with Gasteiger partial charge in [-0.15, -0.1) is 0 Å². The lowest BCUT2D eigenvalue weighted by atomic mass is 10.0. The van der Waals surface area contributed by atoms with E-state index in [4.69, 9.17) is 43.4 Å². The van der Waals surface area contributed by atoms with Gasteiger partial charge in [0.15, 0.2) is 23.9 Å². The van der Waals surface area contributed by atoms with Crippen LogP contribution in [0.4, 0.5) is 5.82 Å². The molecule has 4 aliphatic rings. The van der Waals surface area contributed by atoms with Crippen LogP contribution in [0.1, 0.15) is 6.23 Å². The van der Waals surface area contributed by atoms with Crippen LogP contribution in [0.15, 0.2) is 12.7 Å². The van der Waals surface area contributed by atoms with Gasteiger partial charge in [-0.2, -0.15) is 0 Å². The van der Waals surface area contributed by atoms with Gasteiger partial charge in [0.05, 0.1) is 32.5 Å². The number of aliphatic hydroxyl groups is 1. The lowest BCUT2D eigenvalue weighted by molar-refractivity contribution is -0.182. The highest BCUT2D eigenvalue weighted by atomic mass is 32.7. The smallest absolute Gasteiger partial charge is 0.386 e. The highest BCUT2D eigenvalue weighted by Crippen LogP contribution is 2.60. The number of hydrogen-bond acceptors (Lipinski definition) is 15. The summed E-state index contributed by atoms with van der Waals surface area (Å²) in [6, 6.07) is 0. The molecule has 0 aromatic carbocycles. The van der Waals surface area contributed by atoms with Crippen LogP contribution in [0.2, 0.25) is 0 Å². The van der Waals surface area contributed by atoms with Crippen LogP contribution in [0.25, 0.3) is 11.2 Å². The molecule has 0 amide bonds. The lowest BCUT2D eigenvalue weighted by Crippen LogP contribution is -2.45. The maximum absolute atomic E-state index is 13.3. The maximum Gasteiger partial charge on any atom is 0.386 e. The van der Waals surface area contributed by atoms with E-state index in [1.807, 2.05) is 0 Å². The van der Waals surface area contributed by atoms with E-state index in [0.29, 0.717) is 11.2 Å². The minimum absolute atomic E-state index is 0.0543. The fourth-order valence-corrected chi connectivity index (χ4v) is 7.24. The Bertz CT molecular complexity index is 1290. The summed E-state index contributed by atoms with van der Waals surface area (Å²) in [7, 11) is -3.23. The number of anilines is 1. The van der Waals surface area contributed by atoms with Gasteiger partial charge in [-0.05, 0) is 0 Å². The number of ether oxygens (including phenoxy) is 3. The summed E-state index contributed by atoms with van der Waals surface area (Å²) < 4.78 is 67.7. The molecule has 4 aliphatic heterocycles. The van der Waals surface area contributed by atoms with Crippen molar-refractivity contribution in [2.24, 2.45) is 0 Å². The van der Waals surface area contributed by atoms with Crippen molar-refractivity contribution >= 4 is 50.6 Å². The third kappa shape index (κ3) is 4.39. The first kappa shape index (κ1) is 25.6. The van der Waals surface area contributed by atoms with Crippen molar-refractivity contribution in [2.45, 2.75) is 48.6 Å². The second-order valence-corrected chi connectivity index (χ2v) is 12.6. The number of aromatic nitrogens is 4. The normalized spacial score (nSPS) is 44.1. The van der Waals surface area contributed by atoms with Gasteiger partial charge < -0.3 is 34.9 Å². The summed E-state index contributed by atoms with van der Waals surface area (Å²) in [5.41, 5.74) is 5.23. The predicted molar refractivity (Wildman–Crippen MR) is 126 cm³/mol. The van der Waals surface area contributed by atoms with Crippen LogP contribution in [-0.2, 0) is 41.4 Å². The molecular weight excluding hydrogens is 556 g/mol. The lowest BCUT2D eigenvalue weighted by Gasteiger charge is -2.31. The van der Waals surface area contributed by atoms with E-state index in [1.165, 1.54) is 12.7 Å². The van der Waals surface area contributed by atoms with Crippen LogP contribution in [-0.4, -0.2) is 93.1 Å². The Morgan fingerprint density at radius 1 is 1.35 bits per heavy atom. The van der Waals surface area contributed by atoms with Gasteiger partial charge in [0.25, 0.3) is 0 Å². The van der Waals surface area contributed by atoms with Crippen LogP contribution >= 0.6 is 27.3 Å². The molecule has 202 valence electrons. The van der Waals surface area contributed by atoms with Crippen LogP contribution in [0.3, 0.4) is 0 Å². The molecule has 17 nitrogen and oxygen atoms in total. The number of nitrogens with two attached hydrogens (primary N) is 1. The Labute approximate surface area is 214 Å². The number of imidazole rings is 1. The number of nitrogens with zero attached hydrogens (tertiary/aromatic N) is 4. The number of aliphatic hydroxyl groups excluding tert-OH is 1. The van der Waals surface area contributed by atoms with Gasteiger partial charge >= 0.3 is 15.1 Å². The summed E-state index contributed by atoms with van der Waals surface area (Å²) in [6.45, 7) is -4.90. The van der Waals surface area contributed by atoms with Crippen molar-refractivity contribution in [3.8, 4) is 0 Å². The predicted octanol–water partition coefficient (Wildman–Crippen LogP) is -0.398. The average Bonchev–Trinajstić information content (AvgIpc) is 3.59. The van der Waals surface area contributed by atoms with Gasteiger partial charge in [0.1, 0.15) is 48.0 Å². The molecule has 2 aromatic heterocycles. The molecule has 1 unspecified atom stereocenters. The Balaban J connectivity index is 1.32. The van der Waals surface area contributed by atoms with Crippen molar-refractivity contribution in [1.82, 2.24) is 24.8 Å². The first-order chi connectivity index (χ1) is 17.7. The first-order valence-electron chi connectivity index (χ1n) is 11.0. The van der Waals surface area contributed by atoms with Crippen molar-refractivity contribution in [3.05, 3.63) is 12.7 Å². The van der Waals surface area contributed by atoms with Gasteiger partial charge in [-0.3, -0.25) is 28.1 Å². The third-order valence-corrected chi connectivity index (χ3v) is 8.98. The summed E-state index contributed by atoms with van der Waals surface area (Å²) in [4.78, 5) is 12.4. The minimum Gasteiger partial charge on any atom is -0.387 e. The molecule has 0 aliphatic carbocycles. The third-order valence-electron chi connectivity index (χ3n) is 6.54. The van der Waals surface area contributed by atoms with E-state index in [1.54, 1.807) is 4.57 Å². The van der Waals surface area contributed by atoms with Gasteiger partial charge in [0, 0.05) is 0 Å². The highest BCUT2D eigenvalue weighted by Gasteiger charge is 2.65. The molecular formula is C17H23N7O10P2S. The number of nitrogens with one attached hydrogen (secondary N) is 2. The highest BCUT2D eigenvalue weighted by molar-refractivity contribution is 8.44. The van der Waals surface area contributed by atoms with Crippen molar-refractivity contribution in [1.29, 1.82) is 5.41 Å². The van der Waals surface area contributed by atoms with E-state index in [2.05, 4.69) is 32.5 Å². The van der Waals surface area contributed by atoms with Gasteiger partial charge in [-0.1, -0.05) is 12.2 Å². The minimum atomic E-state index is -4.09. The molecule has 2 aromatic rings. The summed E-state index contributed by atoms with van der Waals surface area (Å²) in [6.07, 6.45) is -3.80. The fraction of sp³-hybridized carbons (Fsp3) is 0.647. The zero-order valence-electron chi connectivity index (χ0n) is 18.8. The molecule has 4 saturated heterocycles. The molecule has 6 heterocycles. The molecule has 6 rings (SSSR count). The van der Waals surface area contributed by atoms with E-state index in [-0.39, 0.29) is 19.0 Å². The van der Waals surface area contributed by atoms with E-state index < -0.39 is 70.2 Å². The SMILES string of the molecule is N=CN[C@@H]1O[C@@H]2CO[P@@](=O)(S)O[C@H]3[C@H]4OC[C@]3(CO[PH](=O)O[C@@H]1[C@@H]2O)O[C@H]4n1cnc2c(N)ncnc21. The molecule has 0 radical (unpaired) electrons. The van der Waals surface area contributed by atoms with Crippen LogP contribution in [0, 0.1) is 5.41 Å². The van der Waals surface area contributed by atoms with Crippen molar-refractivity contribution in [2.75, 3.05) is 25.6 Å². The van der Waals surface area contributed by atoms with Crippen LogP contribution in [0.5, 0.6) is 0 Å². The molecule has 0 spiro atoms. The first-order valence-corrected chi connectivity index (χ1v) is 14.9. The van der Waals surface area contributed by atoms with Crippen molar-refractivity contribution in [3.63, 3.8) is 0 Å². The van der Waals surface area contributed by atoms with E-state index in [9.17, 15) is 14.2 Å². The molecule has 20 heteroatoms. The molecule has 10 atom stereocenters. The molecule has 4 bridgehead atoms. The van der Waals surface area contributed by atoms with Gasteiger partial charge in [-0.25, -0.2) is 19.5 Å². The fourth-order valence-electron chi connectivity index (χ4n) is 4.82. The number of hydrogen-bond donors (Lipinski definition) is 5. The maximum atomic E-state index is 13.3. The molecule has 37 heavy (non-hydrogen) atoms. The standard InChI is InChI=1S/C17H23N7O10P2S/c18-4-20-15-10-9(25)7(31-15)1-30-36(27,37)34-12-11-16(24-6-23-8-13(19)21-5-22-14(8)24)32-17(12,2-28-11)3-29-35(26)33-10/h4-7,9-12,15-16,25,35H,1-3H2,(H2,18,20)(H,27,37)(H2,19,21,22)/t7-,9-,10-,11-,12+,15-,16-,17-,36-/m1/s1. The number of thiol groups is 1. The van der Waals surface area contributed by atoms with E-state index in [0.717, 1.165) is 6.34 Å². The zero-order chi connectivity index (χ0) is 25.9. The average molecular weight is 579 g/mol. The van der Waals surface area contributed by atoms with Gasteiger partial charge in [0.2, 0.25) is 0 Å². The molecule has 4 fully saturated rings. The largest absolute Gasteiger partial charge is 0.387 e. The Morgan fingerprint density at radius 3 is 3.00 bits per heavy atom. The quantitative estimate of drug-likeness (QED) is 0.135. The number of rotatable bonds is 3. The Morgan fingerprint density at radius 2 is 2.19 bits per heavy atom. The Kier molecular flexibility index (Phi) is 6.57. The zero-order valence-corrected chi connectivity index (χ0v) is 21.6. The summed E-state index contributed by atoms with van der Waals surface area (Å²) >= 11 is 4.10. The van der Waals surface area contributed by atoms with E-state index >= 15 is 0 Å².